The van der Waals surface area contributed by atoms with E-state index in [1.165, 1.54) is 11.3 Å². The van der Waals surface area contributed by atoms with Gasteiger partial charge in [0.15, 0.2) is 0 Å². The van der Waals surface area contributed by atoms with Crippen LogP contribution in [0.3, 0.4) is 0 Å². The van der Waals surface area contributed by atoms with Crippen LogP contribution in [0.5, 0.6) is 0 Å². The van der Waals surface area contributed by atoms with Gasteiger partial charge >= 0.3 is 5.97 Å². The van der Waals surface area contributed by atoms with Crippen LogP contribution >= 0.6 is 11.3 Å². The highest BCUT2D eigenvalue weighted by Gasteiger charge is 2.39. The summed E-state index contributed by atoms with van der Waals surface area (Å²) in [6.45, 7) is 4.92. The van der Waals surface area contributed by atoms with E-state index in [1.807, 2.05) is 26.0 Å². The molecule has 4 nitrogen and oxygen atoms in total. The lowest BCUT2D eigenvalue weighted by molar-refractivity contribution is -0.142. The third-order valence-electron chi connectivity index (χ3n) is 3.66. The first kappa shape index (κ1) is 14.1. The number of amides is 1. The molecule has 1 saturated heterocycles. The van der Waals surface area contributed by atoms with E-state index in [0.29, 0.717) is 18.0 Å². The van der Waals surface area contributed by atoms with Crippen molar-refractivity contribution in [2.75, 3.05) is 13.1 Å². The molecule has 0 aromatic carbocycles. The summed E-state index contributed by atoms with van der Waals surface area (Å²) in [5.41, 5.74) is 0. The van der Waals surface area contributed by atoms with Gasteiger partial charge in [0.05, 0.1) is 10.8 Å². The lowest BCUT2D eigenvalue weighted by atomic mass is 9.92. The highest BCUT2D eigenvalue weighted by Crippen LogP contribution is 2.29. The van der Waals surface area contributed by atoms with Crippen molar-refractivity contribution >= 4 is 23.2 Å². The van der Waals surface area contributed by atoms with E-state index < -0.39 is 11.9 Å². The van der Waals surface area contributed by atoms with Crippen molar-refractivity contribution in [2.45, 2.75) is 26.7 Å². The summed E-state index contributed by atoms with van der Waals surface area (Å²) >= 11 is 1.47. The Bertz CT molecular complexity index is 483. The first-order valence-electron chi connectivity index (χ1n) is 6.61. The molecule has 2 heterocycles. The Morgan fingerprint density at radius 1 is 1.42 bits per heavy atom. The molecular weight excluding hydrogens is 262 g/mol. The van der Waals surface area contributed by atoms with Crippen molar-refractivity contribution < 1.29 is 14.7 Å². The minimum atomic E-state index is -0.781. The highest BCUT2D eigenvalue weighted by molar-refractivity contribution is 7.13. The number of rotatable bonds is 4. The standard InChI is InChI=1S/C14H19NO3S/c1-3-4-10-7-15(8-11(10)14(17)18)13(16)12-6-5-9(2)19-12/h5-6,10-11H,3-4,7-8H2,1-2H3,(H,17,18). The number of carbonyl (C=O) groups is 2. The average Bonchev–Trinajstić information content (AvgIpc) is 2.95. The quantitative estimate of drug-likeness (QED) is 0.923. The molecule has 19 heavy (non-hydrogen) atoms. The molecule has 1 fully saturated rings. The topological polar surface area (TPSA) is 57.6 Å². The van der Waals surface area contributed by atoms with E-state index in [9.17, 15) is 14.7 Å². The van der Waals surface area contributed by atoms with E-state index in [4.69, 9.17) is 0 Å². The van der Waals surface area contributed by atoms with E-state index >= 15 is 0 Å². The van der Waals surface area contributed by atoms with Gasteiger partial charge in [0, 0.05) is 18.0 Å². The maximum Gasteiger partial charge on any atom is 0.308 e. The van der Waals surface area contributed by atoms with Crippen LogP contribution < -0.4 is 0 Å². The van der Waals surface area contributed by atoms with Gasteiger partial charge < -0.3 is 10.0 Å². The number of aliphatic carboxylic acids is 1. The smallest absolute Gasteiger partial charge is 0.308 e. The third-order valence-corrected chi connectivity index (χ3v) is 4.64. The van der Waals surface area contributed by atoms with E-state index in [1.54, 1.807) is 4.90 Å². The summed E-state index contributed by atoms with van der Waals surface area (Å²) in [4.78, 5) is 27.1. The van der Waals surface area contributed by atoms with Crippen LogP contribution in [0, 0.1) is 18.8 Å². The molecule has 1 aliphatic heterocycles. The molecule has 0 bridgehead atoms. The number of hydrogen-bond acceptors (Lipinski definition) is 3. The third kappa shape index (κ3) is 2.97. The summed E-state index contributed by atoms with van der Waals surface area (Å²) in [6.07, 6.45) is 1.82. The van der Waals surface area contributed by atoms with Crippen molar-refractivity contribution in [2.24, 2.45) is 11.8 Å². The Labute approximate surface area is 117 Å². The molecule has 5 heteroatoms. The second kappa shape index (κ2) is 5.74. The second-order valence-electron chi connectivity index (χ2n) is 5.11. The maximum atomic E-state index is 12.3. The summed E-state index contributed by atoms with van der Waals surface area (Å²) in [6, 6.07) is 3.75. The van der Waals surface area contributed by atoms with Crippen molar-refractivity contribution in [3.05, 3.63) is 21.9 Å². The maximum absolute atomic E-state index is 12.3. The molecule has 0 saturated carbocycles. The van der Waals surface area contributed by atoms with Gasteiger partial charge in [-0.05, 0) is 31.4 Å². The average molecular weight is 281 g/mol. The summed E-state index contributed by atoms with van der Waals surface area (Å²) < 4.78 is 0. The summed E-state index contributed by atoms with van der Waals surface area (Å²) in [5, 5.41) is 9.25. The van der Waals surface area contributed by atoms with E-state index in [2.05, 4.69) is 0 Å². The normalized spacial score (nSPS) is 22.7. The Morgan fingerprint density at radius 3 is 2.68 bits per heavy atom. The van der Waals surface area contributed by atoms with Crippen LogP contribution in [0.15, 0.2) is 12.1 Å². The van der Waals surface area contributed by atoms with Crippen LogP contribution in [0.2, 0.25) is 0 Å². The van der Waals surface area contributed by atoms with Crippen molar-refractivity contribution in [3.63, 3.8) is 0 Å². The Kier molecular flexibility index (Phi) is 4.24. The number of hydrogen-bond donors (Lipinski definition) is 1. The van der Waals surface area contributed by atoms with Gasteiger partial charge in [-0.3, -0.25) is 9.59 Å². The summed E-state index contributed by atoms with van der Waals surface area (Å²) in [7, 11) is 0. The lowest BCUT2D eigenvalue weighted by Gasteiger charge is -2.14. The number of carbonyl (C=O) groups excluding carboxylic acids is 1. The minimum Gasteiger partial charge on any atom is -0.481 e. The predicted molar refractivity (Wildman–Crippen MR) is 74.5 cm³/mol. The van der Waals surface area contributed by atoms with Crippen molar-refractivity contribution in [1.29, 1.82) is 0 Å². The molecule has 1 amide bonds. The molecule has 2 atom stereocenters. The molecule has 0 radical (unpaired) electrons. The number of carboxylic acids is 1. The molecular formula is C14H19NO3S. The first-order chi connectivity index (χ1) is 9.02. The molecule has 0 spiro atoms. The van der Waals surface area contributed by atoms with E-state index in [-0.39, 0.29) is 11.8 Å². The Hall–Kier alpha value is -1.36. The fraction of sp³-hybridized carbons (Fsp3) is 0.571. The molecule has 1 N–H and O–H groups in total. The predicted octanol–water partition coefficient (Wildman–Crippen LogP) is 2.63. The summed E-state index contributed by atoms with van der Waals surface area (Å²) in [5.74, 6) is -1.13. The lowest BCUT2D eigenvalue weighted by Crippen LogP contribution is -2.29. The Morgan fingerprint density at radius 2 is 2.16 bits per heavy atom. The highest BCUT2D eigenvalue weighted by atomic mass is 32.1. The number of thiophene rings is 1. The zero-order chi connectivity index (χ0) is 14.0. The van der Waals surface area contributed by atoms with Gasteiger partial charge in [0.2, 0.25) is 0 Å². The van der Waals surface area contributed by atoms with E-state index in [0.717, 1.165) is 17.7 Å². The molecule has 1 aromatic heterocycles. The Balaban J connectivity index is 2.10. The van der Waals surface area contributed by atoms with Crippen LogP contribution in [0.4, 0.5) is 0 Å². The molecule has 0 aliphatic carbocycles. The molecule has 104 valence electrons. The SMILES string of the molecule is CCCC1CN(C(=O)c2ccc(C)s2)CC1C(=O)O. The first-order valence-corrected chi connectivity index (χ1v) is 7.43. The van der Waals surface area contributed by atoms with Crippen LogP contribution in [0.1, 0.15) is 34.3 Å². The van der Waals surface area contributed by atoms with Crippen LogP contribution in [0.25, 0.3) is 0 Å². The molecule has 2 rings (SSSR count). The fourth-order valence-electron chi connectivity index (χ4n) is 2.69. The monoisotopic (exact) mass is 281 g/mol. The van der Waals surface area contributed by atoms with Crippen molar-refractivity contribution in [1.82, 2.24) is 4.90 Å². The van der Waals surface area contributed by atoms with Gasteiger partial charge in [-0.15, -0.1) is 11.3 Å². The zero-order valence-corrected chi connectivity index (χ0v) is 12.1. The molecule has 1 aromatic rings. The number of likely N-dealkylation sites (tertiary alicyclic amines) is 1. The largest absolute Gasteiger partial charge is 0.481 e. The fourth-order valence-corrected chi connectivity index (χ4v) is 3.52. The molecule has 2 unspecified atom stereocenters. The minimum absolute atomic E-state index is 0.0250. The zero-order valence-electron chi connectivity index (χ0n) is 11.3. The van der Waals surface area contributed by atoms with Crippen LogP contribution in [-0.4, -0.2) is 35.0 Å². The van der Waals surface area contributed by atoms with Gasteiger partial charge in [-0.25, -0.2) is 0 Å². The van der Waals surface area contributed by atoms with Gasteiger partial charge in [0.1, 0.15) is 0 Å². The van der Waals surface area contributed by atoms with Gasteiger partial charge in [0.25, 0.3) is 5.91 Å². The number of aryl methyl sites for hydroxylation is 1. The van der Waals surface area contributed by atoms with Crippen LogP contribution in [-0.2, 0) is 4.79 Å². The van der Waals surface area contributed by atoms with Gasteiger partial charge in [-0.1, -0.05) is 13.3 Å². The van der Waals surface area contributed by atoms with Crippen molar-refractivity contribution in [3.8, 4) is 0 Å². The second-order valence-corrected chi connectivity index (χ2v) is 6.40. The van der Waals surface area contributed by atoms with Gasteiger partial charge in [-0.2, -0.15) is 0 Å². The molecule has 1 aliphatic rings. The number of nitrogens with zero attached hydrogens (tertiary/aromatic N) is 1. The number of carboxylic acid groups (broad SMARTS) is 1.